The van der Waals surface area contributed by atoms with E-state index in [1.807, 2.05) is 24.3 Å². The van der Waals surface area contributed by atoms with E-state index in [0.717, 1.165) is 18.5 Å². The third-order valence-corrected chi connectivity index (χ3v) is 6.22. The van der Waals surface area contributed by atoms with Gasteiger partial charge in [-0.15, -0.1) is 0 Å². The van der Waals surface area contributed by atoms with Crippen molar-refractivity contribution in [2.24, 2.45) is 5.73 Å². The Kier molecular flexibility index (Phi) is 4.26. The number of carbonyl (C=O) groups is 1. The summed E-state index contributed by atoms with van der Waals surface area (Å²) in [6.45, 7) is 0.0144. The molecule has 2 saturated heterocycles. The lowest BCUT2D eigenvalue weighted by Crippen LogP contribution is -2.46. The summed E-state index contributed by atoms with van der Waals surface area (Å²) in [5.74, 6) is 0.222. The number of nitrogens with two attached hydrogens (primary N) is 1. The lowest BCUT2D eigenvalue weighted by molar-refractivity contribution is -0.120. The van der Waals surface area contributed by atoms with E-state index in [0.29, 0.717) is 35.5 Å². The van der Waals surface area contributed by atoms with E-state index in [9.17, 15) is 9.18 Å². The molecule has 3 aliphatic heterocycles. The van der Waals surface area contributed by atoms with Crippen LogP contribution in [0, 0.1) is 5.82 Å². The Morgan fingerprint density at radius 2 is 1.83 bits per heavy atom. The first kappa shape index (κ1) is 18.4. The molecule has 2 unspecified atom stereocenters. The molecule has 2 atom stereocenters. The number of ether oxygens (including phenoxy) is 2. The number of carbonyl (C=O) groups excluding carboxylic acids is 1. The molecule has 0 aromatic heterocycles. The van der Waals surface area contributed by atoms with Crippen molar-refractivity contribution < 1.29 is 18.7 Å². The molecule has 3 aliphatic rings. The van der Waals surface area contributed by atoms with Crippen molar-refractivity contribution in [3.63, 3.8) is 0 Å². The average Bonchev–Trinajstić information content (AvgIpc) is 3.03. The van der Waals surface area contributed by atoms with Crippen LogP contribution in [0.15, 0.2) is 36.4 Å². The number of rotatable bonds is 3. The Morgan fingerprint density at radius 3 is 2.55 bits per heavy atom. The molecule has 0 radical (unpaired) electrons. The lowest BCUT2D eigenvalue weighted by Gasteiger charge is -2.38. The van der Waals surface area contributed by atoms with Crippen molar-refractivity contribution in [1.29, 1.82) is 0 Å². The van der Waals surface area contributed by atoms with Gasteiger partial charge < -0.3 is 25.4 Å². The van der Waals surface area contributed by atoms with Gasteiger partial charge in [0.25, 0.3) is 5.91 Å². The van der Waals surface area contributed by atoms with Gasteiger partial charge in [-0.2, -0.15) is 0 Å². The van der Waals surface area contributed by atoms with Crippen LogP contribution in [-0.4, -0.2) is 31.8 Å². The molecular weight excluding hydrogens is 373 g/mol. The predicted octanol–water partition coefficient (Wildman–Crippen LogP) is 3.42. The van der Waals surface area contributed by atoms with Crippen LogP contribution in [0.4, 0.5) is 21.5 Å². The first-order chi connectivity index (χ1) is 13.9. The number of amides is 1. The Bertz CT molecular complexity index is 968. The number of anilines is 3. The first-order valence-corrected chi connectivity index (χ1v) is 9.96. The number of nitrogens with one attached hydrogen (secondary N) is 1. The third-order valence-electron chi connectivity index (χ3n) is 6.22. The van der Waals surface area contributed by atoms with Crippen LogP contribution in [0.1, 0.15) is 31.2 Å². The average molecular weight is 397 g/mol. The monoisotopic (exact) mass is 397 g/mol. The largest absolute Gasteiger partial charge is 0.481 e. The van der Waals surface area contributed by atoms with E-state index >= 15 is 0 Å². The Morgan fingerprint density at radius 1 is 1.14 bits per heavy atom. The molecule has 0 aliphatic carbocycles. The van der Waals surface area contributed by atoms with Crippen molar-refractivity contribution in [1.82, 2.24) is 0 Å². The van der Waals surface area contributed by atoms with E-state index in [2.05, 4.69) is 5.32 Å². The van der Waals surface area contributed by atoms with Gasteiger partial charge >= 0.3 is 0 Å². The van der Waals surface area contributed by atoms with E-state index in [1.165, 1.54) is 6.07 Å². The molecule has 2 fully saturated rings. The maximum Gasteiger partial charge on any atom is 0.264 e. The fourth-order valence-corrected chi connectivity index (χ4v) is 4.71. The fraction of sp³-hybridized carbons (Fsp3) is 0.409. The number of halogens is 1. The van der Waals surface area contributed by atoms with Gasteiger partial charge in [0.05, 0.1) is 17.9 Å². The van der Waals surface area contributed by atoms with E-state index < -0.39 is 5.54 Å². The second-order valence-electron chi connectivity index (χ2n) is 8.27. The van der Waals surface area contributed by atoms with E-state index in [4.69, 9.17) is 15.2 Å². The Balaban J connectivity index is 1.37. The SMILES string of the molecule is CN1C(=O)COc2cc(Nc3ccc(C4(N)CC5CCC(C4)O5)c(F)c3)ccc21. The van der Waals surface area contributed by atoms with Gasteiger partial charge in [-0.25, -0.2) is 4.39 Å². The number of likely N-dealkylation sites (N-methyl/N-ethyl adjacent to an activating group) is 1. The molecule has 3 N–H and O–H groups in total. The molecule has 1 amide bonds. The van der Waals surface area contributed by atoms with Crippen LogP contribution in [0.25, 0.3) is 0 Å². The number of hydrogen-bond donors (Lipinski definition) is 2. The van der Waals surface area contributed by atoms with Gasteiger partial charge in [-0.05, 0) is 49.9 Å². The van der Waals surface area contributed by atoms with Crippen molar-refractivity contribution in [3.05, 3.63) is 47.8 Å². The highest BCUT2D eigenvalue weighted by Gasteiger charge is 2.44. The van der Waals surface area contributed by atoms with Gasteiger partial charge in [0, 0.05) is 35.6 Å². The zero-order valence-corrected chi connectivity index (χ0v) is 16.3. The normalized spacial score (nSPS) is 28.1. The fourth-order valence-electron chi connectivity index (χ4n) is 4.71. The van der Waals surface area contributed by atoms with Crippen LogP contribution < -0.4 is 20.7 Å². The summed E-state index contributed by atoms with van der Waals surface area (Å²) in [5, 5.41) is 3.20. The zero-order chi connectivity index (χ0) is 20.2. The maximum atomic E-state index is 15.0. The minimum atomic E-state index is -0.677. The second-order valence-corrected chi connectivity index (χ2v) is 8.27. The van der Waals surface area contributed by atoms with Gasteiger partial charge in [-0.3, -0.25) is 4.79 Å². The smallest absolute Gasteiger partial charge is 0.264 e. The van der Waals surface area contributed by atoms with E-state index in [1.54, 1.807) is 18.0 Å². The summed E-state index contributed by atoms with van der Waals surface area (Å²) in [6, 6.07) is 10.6. The Hall–Kier alpha value is -2.64. The minimum Gasteiger partial charge on any atom is -0.481 e. The molecule has 0 saturated carbocycles. The van der Waals surface area contributed by atoms with Gasteiger partial charge in [0.1, 0.15) is 11.6 Å². The molecule has 29 heavy (non-hydrogen) atoms. The summed E-state index contributed by atoms with van der Waals surface area (Å²) >= 11 is 0. The van der Waals surface area contributed by atoms with Crippen molar-refractivity contribution in [2.75, 3.05) is 23.9 Å². The second kappa shape index (κ2) is 6.71. The Labute approximate surface area is 168 Å². The number of fused-ring (bicyclic) bond motifs is 3. The number of benzene rings is 2. The van der Waals surface area contributed by atoms with Crippen LogP contribution in [0.2, 0.25) is 0 Å². The zero-order valence-electron chi connectivity index (χ0n) is 16.3. The lowest BCUT2D eigenvalue weighted by atomic mass is 9.80. The summed E-state index contributed by atoms with van der Waals surface area (Å²) in [5.41, 5.74) is 8.59. The van der Waals surface area contributed by atoms with Crippen molar-refractivity contribution >= 4 is 23.0 Å². The summed E-state index contributed by atoms with van der Waals surface area (Å²) < 4.78 is 26.4. The summed E-state index contributed by atoms with van der Waals surface area (Å²) in [7, 11) is 1.72. The molecule has 7 heteroatoms. The quantitative estimate of drug-likeness (QED) is 0.830. The molecular formula is C22H24FN3O3. The highest BCUT2D eigenvalue weighted by atomic mass is 19.1. The first-order valence-electron chi connectivity index (χ1n) is 9.96. The predicted molar refractivity (Wildman–Crippen MR) is 108 cm³/mol. The summed E-state index contributed by atoms with van der Waals surface area (Å²) in [6.07, 6.45) is 3.59. The molecule has 0 spiro atoms. The van der Waals surface area contributed by atoms with Crippen molar-refractivity contribution in [2.45, 2.75) is 43.4 Å². The van der Waals surface area contributed by atoms with Crippen LogP contribution in [0.3, 0.4) is 0 Å². The summed E-state index contributed by atoms with van der Waals surface area (Å²) in [4.78, 5) is 13.3. The standard InChI is InChI=1S/C22H24FN3O3/c1-26-19-7-3-14(9-20(19)28-12-21(26)27)25-13-2-6-17(18(23)8-13)22(24)10-15-4-5-16(11-22)29-15/h2-3,6-9,15-16,25H,4-5,10-12,24H2,1H3. The number of nitrogens with zero attached hydrogens (tertiary/aromatic N) is 1. The highest BCUT2D eigenvalue weighted by Crippen LogP contribution is 2.43. The van der Waals surface area contributed by atoms with Crippen LogP contribution in [-0.2, 0) is 15.1 Å². The third kappa shape index (κ3) is 3.24. The van der Waals surface area contributed by atoms with Gasteiger partial charge in [0.2, 0.25) is 0 Å². The molecule has 5 rings (SSSR count). The molecule has 3 heterocycles. The van der Waals surface area contributed by atoms with E-state index in [-0.39, 0.29) is 30.5 Å². The molecule has 2 aromatic rings. The van der Waals surface area contributed by atoms with Crippen molar-refractivity contribution in [3.8, 4) is 5.75 Å². The minimum absolute atomic E-state index is 0.0144. The molecule has 6 nitrogen and oxygen atoms in total. The van der Waals surface area contributed by atoms with Gasteiger partial charge in [-0.1, -0.05) is 6.07 Å². The van der Waals surface area contributed by atoms with Crippen LogP contribution >= 0.6 is 0 Å². The molecule has 152 valence electrons. The van der Waals surface area contributed by atoms with Crippen LogP contribution in [0.5, 0.6) is 5.75 Å². The molecule has 2 bridgehead atoms. The maximum absolute atomic E-state index is 15.0. The van der Waals surface area contributed by atoms with Gasteiger partial charge in [0.15, 0.2) is 6.61 Å². The topological polar surface area (TPSA) is 76.8 Å². The number of hydrogen-bond acceptors (Lipinski definition) is 5. The highest BCUT2D eigenvalue weighted by molar-refractivity contribution is 5.97. The molecule has 2 aromatic carbocycles.